The van der Waals surface area contributed by atoms with Gasteiger partial charge >= 0.3 is 6.09 Å². The van der Waals surface area contributed by atoms with Crippen LogP contribution in [0.4, 0.5) is 4.79 Å². The lowest BCUT2D eigenvalue weighted by molar-refractivity contribution is 0.0208. The monoisotopic (exact) mass is 424 g/mol. The number of carbonyl (C=O) groups excluding carboxylic acids is 1. The fourth-order valence-corrected chi connectivity index (χ4v) is 4.20. The molecule has 0 aromatic carbocycles. The van der Waals surface area contributed by atoms with E-state index in [9.17, 15) is 4.79 Å². The highest BCUT2D eigenvalue weighted by atomic mass is 16.6. The average molecular weight is 425 g/mol. The summed E-state index contributed by atoms with van der Waals surface area (Å²) in [4.78, 5) is 21.9. The van der Waals surface area contributed by atoms with Crippen molar-refractivity contribution in [2.75, 3.05) is 59.4 Å². The Morgan fingerprint density at radius 3 is 2.23 bits per heavy atom. The van der Waals surface area contributed by atoms with Crippen molar-refractivity contribution in [1.82, 2.24) is 25.8 Å². The number of aliphatic imine (C=N–C) groups is 1. The van der Waals surface area contributed by atoms with E-state index in [4.69, 9.17) is 9.73 Å². The average Bonchev–Trinajstić information content (AvgIpc) is 2.70. The zero-order chi connectivity index (χ0) is 22.0. The normalized spacial score (nSPS) is 21.2. The van der Waals surface area contributed by atoms with Crippen LogP contribution in [0.5, 0.6) is 0 Å². The first-order valence-electron chi connectivity index (χ1n) is 11.7. The van der Waals surface area contributed by atoms with Gasteiger partial charge in [-0.3, -0.25) is 9.89 Å². The van der Waals surface area contributed by atoms with Crippen molar-refractivity contribution in [3.05, 3.63) is 0 Å². The minimum atomic E-state index is -0.481. The van der Waals surface area contributed by atoms with E-state index < -0.39 is 5.60 Å². The molecule has 0 saturated carbocycles. The standard InChI is InChI=1S/C22H44N6O2/c1-6-23-19(24-12-13-25-20(29)30-21(2,3)4)26-18-22(10-16-27(5)17-11-22)28-14-8-7-9-15-28/h6-18H2,1-5H3,(H,25,29)(H2,23,24,26). The Bertz CT molecular complexity index is 546. The topological polar surface area (TPSA) is 81.2 Å². The number of ether oxygens (including phenoxy) is 1. The quantitative estimate of drug-likeness (QED) is 0.330. The lowest BCUT2D eigenvalue weighted by atomic mass is 9.84. The zero-order valence-corrected chi connectivity index (χ0v) is 19.9. The second-order valence-electron chi connectivity index (χ2n) is 9.63. The van der Waals surface area contributed by atoms with Crippen molar-refractivity contribution >= 4 is 12.1 Å². The van der Waals surface area contributed by atoms with Crippen molar-refractivity contribution in [2.45, 2.75) is 70.9 Å². The zero-order valence-electron chi connectivity index (χ0n) is 19.9. The van der Waals surface area contributed by atoms with Crippen LogP contribution in [0.2, 0.25) is 0 Å². The number of guanidine groups is 1. The molecule has 8 nitrogen and oxygen atoms in total. The Morgan fingerprint density at radius 1 is 1.00 bits per heavy atom. The van der Waals surface area contributed by atoms with Crippen LogP contribution in [-0.4, -0.2) is 92.4 Å². The molecule has 2 aliphatic rings. The number of amides is 1. The van der Waals surface area contributed by atoms with Gasteiger partial charge in [-0.25, -0.2) is 4.79 Å². The molecule has 0 aliphatic carbocycles. The van der Waals surface area contributed by atoms with Gasteiger partial charge in [0.05, 0.1) is 6.54 Å². The molecule has 0 bridgehead atoms. The maximum Gasteiger partial charge on any atom is 0.407 e. The number of rotatable bonds is 7. The van der Waals surface area contributed by atoms with Crippen molar-refractivity contribution in [1.29, 1.82) is 0 Å². The Morgan fingerprint density at radius 2 is 1.63 bits per heavy atom. The van der Waals surface area contributed by atoms with E-state index in [0.29, 0.717) is 13.1 Å². The Hall–Kier alpha value is -1.54. The molecule has 2 fully saturated rings. The number of likely N-dealkylation sites (tertiary alicyclic amines) is 2. The predicted molar refractivity (Wildman–Crippen MR) is 123 cm³/mol. The largest absolute Gasteiger partial charge is 0.444 e. The number of nitrogens with zero attached hydrogens (tertiary/aromatic N) is 3. The van der Waals surface area contributed by atoms with E-state index in [1.165, 1.54) is 45.2 Å². The summed E-state index contributed by atoms with van der Waals surface area (Å²) in [6, 6.07) is 0. The second kappa shape index (κ2) is 11.7. The van der Waals surface area contributed by atoms with Gasteiger partial charge in [0.15, 0.2) is 5.96 Å². The summed E-state index contributed by atoms with van der Waals surface area (Å²) in [5.74, 6) is 0.818. The summed E-state index contributed by atoms with van der Waals surface area (Å²) < 4.78 is 5.27. The summed E-state index contributed by atoms with van der Waals surface area (Å²) in [5, 5.41) is 9.48. The molecule has 2 heterocycles. The number of hydrogen-bond donors (Lipinski definition) is 3. The van der Waals surface area contributed by atoms with Gasteiger partial charge in [0.1, 0.15) is 5.60 Å². The van der Waals surface area contributed by atoms with Crippen LogP contribution in [-0.2, 0) is 4.74 Å². The van der Waals surface area contributed by atoms with Crippen LogP contribution in [0.3, 0.4) is 0 Å². The predicted octanol–water partition coefficient (Wildman–Crippen LogP) is 2.02. The third kappa shape index (κ3) is 8.30. The molecule has 30 heavy (non-hydrogen) atoms. The molecule has 0 aromatic rings. The van der Waals surface area contributed by atoms with E-state index in [-0.39, 0.29) is 11.6 Å². The molecule has 0 atom stereocenters. The molecule has 0 spiro atoms. The first-order valence-corrected chi connectivity index (χ1v) is 11.7. The van der Waals surface area contributed by atoms with Gasteiger partial charge in [0.2, 0.25) is 0 Å². The highest BCUT2D eigenvalue weighted by Gasteiger charge is 2.39. The van der Waals surface area contributed by atoms with Gasteiger partial charge in [-0.1, -0.05) is 6.42 Å². The van der Waals surface area contributed by atoms with Crippen molar-refractivity contribution in [3.63, 3.8) is 0 Å². The van der Waals surface area contributed by atoms with Crippen LogP contribution >= 0.6 is 0 Å². The lowest BCUT2D eigenvalue weighted by Crippen LogP contribution is -2.58. The number of hydrogen-bond acceptors (Lipinski definition) is 5. The fraction of sp³-hybridized carbons (Fsp3) is 0.909. The maximum atomic E-state index is 11.8. The molecule has 174 valence electrons. The molecule has 0 aromatic heterocycles. The lowest BCUT2D eigenvalue weighted by Gasteiger charge is -2.49. The molecule has 0 radical (unpaired) electrons. The molecular formula is C22H44N6O2. The van der Waals surface area contributed by atoms with Crippen molar-refractivity contribution in [3.8, 4) is 0 Å². The van der Waals surface area contributed by atoms with Gasteiger partial charge in [-0.2, -0.15) is 0 Å². The van der Waals surface area contributed by atoms with Crippen LogP contribution in [0.15, 0.2) is 4.99 Å². The fourth-order valence-electron chi connectivity index (χ4n) is 4.20. The van der Waals surface area contributed by atoms with Crippen molar-refractivity contribution < 1.29 is 9.53 Å². The van der Waals surface area contributed by atoms with Crippen LogP contribution < -0.4 is 16.0 Å². The molecule has 3 N–H and O–H groups in total. The van der Waals surface area contributed by atoms with Gasteiger partial charge < -0.3 is 25.6 Å². The number of carbonyl (C=O) groups is 1. The van der Waals surface area contributed by atoms with Gasteiger partial charge in [0.25, 0.3) is 0 Å². The van der Waals surface area contributed by atoms with Gasteiger partial charge in [-0.15, -0.1) is 0 Å². The highest BCUT2D eigenvalue weighted by molar-refractivity contribution is 5.79. The van der Waals surface area contributed by atoms with E-state index in [1.54, 1.807) is 0 Å². The summed E-state index contributed by atoms with van der Waals surface area (Å²) >= 11 is 0. The van der Waals surface area contributed by atoms with Crippen LogP contribution in [0, 0.1) is 0 Å². The number of piperidine rings is 2. The third-order valence-electron chi connectivity index (χ3n) is 5.91. The molecule has 2 aliphatic heterocycles. The maximum absolute atomic E-state index is 11.8. The van der Waals surface area contributed by atoms with E-state index in [1.807, 2.05) is 20.8 Å². The summed E-state index contributed by atoms with van der Waals surface area (Å²) in [6.07, 6.45) is 5.91. The smallest absolute Gasteiger partial charge is 0.407 e. The van der Waals surface area contributed by atoms with E-state index >= 15 is 0 Å². The first kappa shape index (κ1) is 24.7. The molecule has 2 saturated heterocycles. The minimum absolute atomic E-state index is 0.171. The van der Waals surface area contributed by atoms with Gasteiger partial charge in [0, 0.05) is 25.2 Å². The van der Waals surface area contributed by atoms with Gasteiger partial charge in [-0.05, 0) is 86.6 Å². The summed E-state index contributed by atoms with van der Waals surface area (Å²) in [5.41, 5.74) is -0.311. The van der Waals surface area contributed by atoms with Crippen LogP contribution in [0.25, 0.3) is 0 Å². The molecule has 2 rings (SSSR count). The van der Waals surface area contributed by atoms with E-state index in [0.717, 1.165) is 32.1 Å². The van der Waals surface area contributed by atoms with E-state index in [2.05, 4.69) is 39.7 Å². The van der Waals surface area contributed by atoms with Crippen LogP contribution in [0.1, 0.15) is 59.8 Å². The summed E-state index contributed by atoms with van der Waals surface area (Å²) in [6.45, 7) is 15.0. The Labute approximate surface area is 183 Å². The Balaban J connectivity index is 1.90. The molecule has 1 amide bonds. The minimum Gasteiger partial charge on any atom is -0.444 e. The Kier molecular flexibility index (Phi) is 9.68. The molecule has 8 heteroatoms. The molecule has 0 unspecified atom stereocenters. The first-order chi connectivity index (χ1) is 14.2. The van der Waals surface area contributed by atoms with Crippen molar-refractivity contribution in [2.24, 2.45) is 4.99 Å². The third-order valence-corrected chi connectivity index (χ3v) is 5.91. The SMILES string of the molecule is CCNC(=NCC1(N2CCCCC2)CCN(C)CC1)NCCNC(=O)OC(C)(C)C. The number of nitrogens with one attached hydrogen (secondary N) is 3. The second-order valence-corrected chi connectivity index (χ2v) is 9.63. The summed E-state index contributed by atoms with van der Waals surface area (Å²) in [7, 11) is 2.21. The highest BCUT2D eigenvalue weighted by Crippen LogP contribution is 2.31. The molecular weight excluding hydrogens is 380 g/mol. The number of alkyl carbamates (subject to hydrolysis) is 1.